The zero-order chi connectivity index (χ0) is 15.3. The molecule has 20 heavy (non-hydrogen) atoms. The summed E-state index contributed by atoms with van der Waals surface area (Å²) in [5, 5.41) is 0. The van der Waals surface area contributed by atoms with Crippen LogP contribution in [-0.4, -0.2) is 6.18 Å². The summed E-state index contributed by atoms with van der Waals surface area (Å²) in [6, 6.07) is 0. The van der Waals surface area contributed by atoms with Gasteiger partial charge in [0.15, 0.2) is 0 Å². The summed E-state index contributed by atoms with van der Waals surface area (Å²) in [6.45, 7) is 10.5. The van der Waals surface area contributed by atoms with Crippen molar-refractivity contribution in [2.75, 3.05) is 0 Å². The van der Waals surface area contributed by atoms with E-state index in [0.717, 1.165) is 12.8 Å². The minimum absolute atomic E-state index is 0.122. The lowest BCUT2D eigenvalue weighted by molar-refractivity contribution is -0.198. The third kappa shape index (κ3) is 2.62. The van der Waals surface area contributed by atoms with Gasteiger partial charge in [-0.2, -0.15) is 13.2 Å². The number of hydrogen-bond acceptors (Lipinski definition) is 0. The molecule has 0 radical (unpaired) electrons. The normalized spacial score (nSPS) is 41.1. The van der Waals surface area contributed by atoms with E-state index in [1.807, 2.05) is 13.8 Å². The van der Waals surface area contributed by atoms with Gasteiger partial charge in [0.1, 0.15) is 0 Å². The van der Waals surface area contributed by atoms with Crippen molar-refractivity contribution in [3.63, 3.8) is 0 Å². The maximum absolute atomic E-state index is 13.5. The Kier molecular flexibility index (Phi) is 3.97. The Hall–Kier alpha value is -0.210. The highest BCUT2D eigenvalue weighted by molar-refractivity contribution is 5.10. The van der Waals surface area contributed by atoms with Crippen molar-refractivity contribution in [3.05, 3.63) is 0 Å². The summed E-state index contributed by atoms with van der Waals surface area (Å²) in [4.78, 5) is 0. The molecule has 2 rings (SSSR count). The Bertz CT molecular complexity index is 358. The van der Waals surface area contributed by atoms with E-state index in [1.54, 1.807) is 0 Å². The first-order valence-electron chi connectivity index (χ1n) is 8.08. The van der Waals surface area contributed by atoms with Gasteiger partial charge >= 0.3 is 6.18 Å². The van der Waals surface area contributed by atoms with E-state index in [4.69, 9.17) is 0 Å². The van der Waals surface area contributed by atoms with Crippen molar-refractivity contribution >= 4 is 0 Å². The van der Waals surface area contributed by atoms with Gasteiger partial charge in [0.05, 0.1) is 5.41 Å². The zero-order valence-electron chi connectivity index (χ0n) is 13.5. The Morgan fingerprint density at radius 1 is 1.15 bits per heavy atom. The molecule has 2 saturated carbocycles. The molecule has 3 heteroatoms. The standard InChI is InChI=1S/C17H29F3/c1-11(2)8-16(17(18,19)20)10-13(16)9-15(5)7-6-14(15)12(3)4/h11-14H,6-10H2,1-5H3. The predicted molar refractivity (Wildman–Crippen MR) is 76.3 cm³/mol. The Morgan fingerprint density at radius 2 is 1.75 bits per heavy atom. The van der Waals surface area contributed by atoms with Crippen molar-refractivity contribution in [2.45, 2.75) is 72.9 Å². The average molecular weight is 290 g/mol. The molecule has 0 amide bonds. The maximum atomic E-state index is 13.5. The highest BCUT2D eigenvalue weighted by atomic mass is 19.4. The molecule has 4 atom stereocenters. The lowest BCUT2D eigenvalue weighted by Crippen LogP contribution is -2.42. The van der Waals surface area contributed by atoms with Crippen molar-refractivity contribution in [2.24, 2.45) is 34.5 Å². The second kappa shape index (κ2) is 4.91. The SMILES string of the molecule is CC(C)CC1(C(F)(F)F)CC1CC1(C)CCC1C(C)C. The first-order valence-corrected chi connectivity index (χ1v) is 8.08. The second-order valence-electron chi connectivity index (χ2n) is 8.40. The summed E-state index contributed by atoms with van der Waals surface area (Å²) in [5.41, 5.74) is -1.20. The summed E-state index contributed by atoms with van der Waals surface area (Å²) in [5.74, 6) is 1.21. The summed E-state index contributed by atoms with van der Waals surface area (Å²) < 4.78 is 40.4. The van der Waals surface area contributed by atoms with Gasteiger partial charge in [-0.3, -0.25) is 0 Å². The Balaban J connectivity index is 2.05. The van der Waals surface area contributed by atoms with E-state index < -0.39 is 11.6 Å². The van der Waals surface area contributed by atoms with Crippen molar-refractivity contribution in [3.8, 4) is 0 Å². The number of rotatable bonds is 5. The van der Waals surface area contributed by atoms with E-state index in [1.165, 1.54) is 6.42 Å². The molecule has 0 saturated heterocycles. The Labute approximate surface area is 121 Å². The van der Waals surface area contributed by atoms with Crippen molar-refractivity contribution < 1.29 is 13.2 Å². The van der Waals surface area contributed by atoms with Gasteiger partial charge in [-0.15, -0.1) is 0 Å². The van der Waals surface area contributed by atoms with Gasteiger partial charge in [0, 0.05) is 0 Å². The molecular formula is C17H29F3. The van der Waals surface area contributed by atoms with E-state index in [2.05, 4.69) is 20.8 Å². The summed E-state index contributed by atoms with van der Waals surface area (Å²) in [6.07, 6.45) is -0.248. The van der Waals surface area contributed by atoms with Crippen molar-refractivity contribution in [1.29, 1.82) is 0 Å². The third-order valence-corrected chi connectivity index (χ3v) is 6.01. The molecule has 4 unspecified atom stereocenters. The molecule has 2 aliphatic carbocycles. The van der Waals surface area contributed by atoms with Crippen LogP contribution in [0.4, 0.5) is 13.2 Å². The minimum atomic E-state index is -4.02. The second-order valence-corrected chi connectivity index (χ2v) is 8.40. The van der Waals surface area contributed by atoms with E-state index in [0.29, 0.717) is 24.7 Å². The smallest absolute Gasteiger partial charge is 0.170 e. The molecule has 0 spiro atoms. The quantitative estimate of drug-likeness (QED) is 0.577. The molecule has 0 bridgehead atoms. The average Bonchev–Trinajstić information content (AvgIpc) is 2.88. The molecular weight excluding hydrogens is 261 g/mol. The van der Waals surface area contributed by atoms with E-state index in [9.17, 15) is 13.2 Å². The first-order chi connectivity index (χ1) is 9.02. The van der Waals surface area contributed by atoms with Crippen LogP contribution in [0, 0.1) is 34.5 Å². The van der Waals surface area contributed by atoms with Crippen LogP contribution in [0.1, 0.15) is 66.7 Å². The summed E-state index contributed by atoms with van der Waals surface area (Å²) in [7, 11) is 0. The van der Waals surface area contributed by atoms with Crippen molar-refractivity contribution in [1.82, 2.24) is 0 Å². The molecule has 118 valence electrons. The van der Waals surface area contributed by atoms with Crippen LogP contribution in [0.25, 0.3) is 0 Å². The topological polar surface area (TPSA) is 0 Å². The van der Waals surface area contributed by atoms with Crippen LogP contribution in [0.5, 0.6) is 0 Å². The van der Waals surface area contributed by atoms with Crippen LogP contribution < -0.4 is 0 Å². The highest BCUT2D eigenvalue weighted by Crippen LogP contribution is 2.70. The molecule has 0 aromatic heterocycles. The van der Waals surface area contributed by atoms with Gasteiger partial charge in [-0.1, -0.05) is 34.6 Å². The number of hydrogen-bond donors (Lipinski definition) is 0. The molecule has 0 aromatic carbocycles. The molecule has 0 nitrogen and oxygen atoms in total. The number of halogens is 3. The molecule has 0 aliphatic heterocycles. The molecule has 2 aliphatic rings. The summed E-state index contributed by atoms with van der Waals surface area (Å²) >= 11 is 0. The van der Waals surface area contributed by atoms with Gasteiger partial charge < -0.3 is 0 Å². The van der Waals surface area contributed by atoms with Crippen LogP contribution >= 0.6 is 0 Å². The lowest BCUT2D eigenvalue weighted by atomic mass is 9.55. The molecule has 0 N–H and O–H groups in total. The van der Waals surface area contributed by atoms with Crippen LogP contribution in [0.2, 0.25) is 0 Å². The monoisotopic (exact) mass is 290 g/mol. The maximum Gasteiger partial charge on any atom is 0.394 e. The molecule has 2 fully saturated rings. The Morgan fingerprint density at radius 3 is 2.10 bits per heavy atom. The molecule has 0 aromatic rings. The molecule has 0 heterocycles. The third-order valence-electron chi connectivity index (χ3n) is 6.01. The van der Waals surface area contributed by atoms with Gasteiger partial charge in [-0.05, 0) is 61.2 Å². The van der Waals surface area contributed by atoms with Crippen LogP contribution in [-0.2, 0) is 0 Å². The zero-order valence-corrected chi connectivity index (χ0v) is 13.5. The minimum Gasteiger partial charge on any atom is -0.170 e. The van der Waals surface area contributed by atoms with Gasteiger partial charge in [0.2, 0.25) is 0 Å². The van der Waals surface area contributed by atoms with Crippen LogP contribution in [0.3, 0.4) is 0 Å². The van der Waals surface area contributed by atoms with E-state index >= 15 is 0 Å². The fraction of sp³-hybridized carbons (Fsp3) is 1.00. The fourth-order valence-corrected chi connectivity index (χ4v) is 4.85. The number of alkyl halides is 3. The van der Waals surface area contributed by atoms with Gasteiger partial charge in [0.25, 0.3) is 0 Å². The van der Waals surface area contributed by atoms with E-state index in [-0.39, 0.29) is 17.3 Å². The largest absolute Gasteiger partial charge is 0.394 e. The predicted octanol–water partition coefficient (Wildman–Crippen LogP) is 6.06. The fourth-order valence-electron chi connectivity index (χ4n) is 4.85. The van der Waals surface area contributed by atoms with Crippen LogP contribution in [0.15, 0.2) is 0 Å². The van der Waals surface area contributed by atoms with Gasteiger partial charge in [-0.25, -0.2) is 0 Å². The lowest BCUT2D eigenvalue weighted by Gasteiger charge is -2.50. The highest BCUT2D eigenvalue weighted by Gasteiger charge is 2.70. The first kappa shape index (κ1) is 16.2.